The lowest BCUT2D eigenvalue weighted by atomic mass is 10.1. The smallest absolute Gasteiger partial charge is 0.161 e. The standard InChI is InChI=1S/C17H20N2O2/c1-12-4-3-7-18-15(12)11-19-13(2)14-5-6-16-17(10-14)21-9-8-20-16/h3-7,10,13,19H,8-9,11H2,1-2H3. The van der Waals surface area contributed by atoms with Crippen LogP contribution in [0.4, 0.5) is 0 Å². The fraction of sp³-hybridized carbons (Fsp3) is 0.353. The van der Waals surface area contributed by atoms with Gasteiger partial charge in [-0.15, -0.1) is 0 Å². The van der Waals surface area contributed by atoms with Crippen molar-refractivity contribution in [1.29, 1.82) is 0 Å². The van der Waals surface area contributed by atoms with Crippen molar-refractivity contribution in [2.45, 2.75) is 26.4 Å². The molecule has 2 aromatic rings. The predicted octanol–water partition coefficient (Wildman–Crippen LogP) is 3.01. The average molecular weight is 284 g/mol. The van der Waals surface area contributed by atoms with Crippen LogP contribution in [0.1, 0.15) is 29.8 Å². The lowest BCUT2D eigenvalue weighted by molar-refractivity contribution is 0.171. The summed E-state index contributed by atoms with van der Waals surface area (Å²) < 4.78 is 11.2. The monoisotopic (exact) mass is 284 g/mol. The summed E-state index contributed by atoms with van der Waals surface area (Å²) in [5.74, 6) is 1.67. The van der Waals surface area contributed by atoms with E-state index in [4.69, 9.17) is 9.47 Å². The summed E-state index contributed by atoms with van der Waals surface area (Å²) in [7, 11) is 0. The van der Waals surface area contributed by atoms with Gasteiger partial charge in [-0.05, 0) is 43.2 Å². The van der Waals surface area contributed by atoms with Crippen LogP contribution in [0.15, 0.2) is 36.5 Å². The van der Waals surface area contributed by atoms with E-state index in [1.54, 1.807) is 0 Å². The van der Waals surface area contributed by atoms with Crippen molar-refractivity contribution in [3.05, 3.63) is 53.3 Å². The number of aromatic nitrogens is 1. The molecule has 4 nitrogen and oxygen atoms in total. The number of ether oxygens (including phenoxy) is 2. The molecule has 0 amide bonds. The molecule has 0 aliphatic carbocycles. The largest absolute Gasteiger partial charge is 0.486 e. The molecule has 1 aromatic carbocycles. The molecule has 0 fully saturated rings. The number of benzene rings is 1. The Morgan fingerprint density at radius 1 is 1.19 bits per heavy atom. The van der Waals surface area contributed by atoms with E-state index in [1.807, 2.05) is 18.3 Å². The van der Waals surface area contributed by atoms with E-state index in [0.29, 0.717) is 13.2 Å². The van der Waals surface area contributed by atoms with Crippen molar-refractivity contribution in [3.63, 3.8) is 0 Å². The minimum Gasteiger partial charge on any atom is -0.486 e. The van der Waals surface area contributed by atoms with Gasteiger partial charge in [0.1, 0.15) is 13.2 Å². The molecular formula is C17H20N2O2. The van der Waals surface area contributed by atoms with Crippen molar-refractivity contribution < 1.29 is 9.47 Å². The second-order valence-corrected chi connectivity index (χ2v) is 5.27. The van der Waals surface area contributed by atoms with Gasteiger partial charge in [0, 0.05) is 18.8 Å². The number of nitrogens with one attached hydrogen (secondary N) is 1. The van der Waals surface area contributed by atoms with Crippen molar-refractivity contribution in [2.24, 2.45) is 0 Å². The normalized spacial score (nSPS) is 14.8. The van der Waals surface area contributed by atoms with Crippen LogP contribution in [0.2, 0.25) is 0 Å². The highest BCUT2D eigenvalue weighted by atomic mass is 16.6. The molecular weight excluding hydrogens is 264 g/mol. The fourth-order valence-electron chi connectivity index (χ4n) is 2.40. The van der Waals surface area contributed by atoms with Crippen LogP contribution in [0.25, 0.3) is 0 Å². The Kier molecular flexibility index (Phi) is 4.06. The Balaban J connectivity index is 1.68. The third-order valence-electron chi connectivity index (χ3n) is 3.76. The maximum Gasteiger partial charge on any atom is 0.161 e. The molecule has 21 heavy (non-hydrogen) atoms. The third-order valence-corrected chi connectivity index (χ3v) is 3.76. The Hall–Kier alpha value is -2.07. The van der Waals surface area contributed by atoms with Crippen LogP contribution in [-0.4, -0.2) is 18.2 Å². The molecule has 0 spiro atoms. The molecule has 1 atom stereocenters. The molecule has 0 saturated heterocycles. The third kappa shape index (κ3) is 3.16. The minimum absolute atomic E-state index is 0.224. The highest BCUT2D eigenvalue weighted by Crippen LogP contribution is 2.32. The first kappa shape index (κ1) is 13.9. The van der Waals surface area contributed by atoms with Gasteiger partial charge in [-0.1, -0.05) is 12.1 Å². The fourth-order valence-corrected chi connectivity index (χ4v) is 2.40. The molecule has 4 heteroatoms. The molecule has 3 rings (SSSR count). The molecule has 2 heterocycles. The molecule has 110 valence electrons. The van der Waals surface area contributed by atoms with Gasteiger partial charge < -0.3 is 14.8 Å². The molecule has 0 saturated carbocycles. The second kappa shape index (κ2) is 6.14. The van der Waals surface area contributed by atoms with Crippen molar-refractivity contribution >= 4 is 0 Å². The van der Waals surface area contributed by atoms with E-state index in [9.17, 15) is 0 Å². The van der Waals surface area contributed by atoms with Crippen LogP contribution in [0, 0.1) is 6.92 Å². The summed E-state index contributed by atoms with van der Waals surface area (Å²) in [5.41, 5.74) is 3.48. The Morgan fingerprint density at radius 2 is 2.00 bits per heavy atom. The quantitative estimate of drug-likeness (QED) is 0.937. The second-order valence-electron chi connectivity index (χ2n) is 5.27. The van der Waals surface area contributed by atoms with Crippen molar-refractivity contribution in [2.75, 3.05) is 13.2 Å². The lowest BCUT2D eigenvalue weighted by Gasteiger charge is -2.21. The number of nitrogens with zero attached hydrogens (tertiary/aromatic N) is 1. The van der Waals surface area contributed by atoms with E-state index in [1.165, 1.54) is 11.1 Å². The predicted molar refractivity (Wildman–Crippen MR) is 81.7 cm³/mol. The zero-order valence-electron chi connectivity index (χ0n) is 12.4. The maximum atomic E-state index is 5.63. The van der Waals surface area contributed by atoms with E-state index in [-0.39, 0.29) is 6.04 Å². The van der Waals surface area contributed by atoms with Gasteiger partial charge in [0.25, 0.3) is 0 Å². The topological polar surface area (TPSA) is 43.4 Å². The summed E-state index contributed by atoms with van der Waals surface area (Å²) in [6.45, 7) is 6.22. The van der Waals surface area contributed by atoms with Gasteiger partial charge in [-0.25, -0.2) is 0 Å². The molecule has 1 aliphatic heterocycles. The van der Waals surface area contributed by atoms with Gasteiger partial charge in [0.2, 0.25) is 0 Å². The first-order valence-electron chi connectivity index (χ1n) is 7.27. The number of hydrogen-bond donors (Lipinski definition) is 1. The van der Waals surface area contributed by atoms with Gasteiger partial charge in [-0.2, -0.15) is 0 Å². The summed E-state index contributed by atoms with van der Waals surface area (Å²) in [6, 6.07) is 10.4. The molecule has 1 aromatic heterocycles. The van der Waals surface area contributed by atoms with Crippen LogP contribution in [0.5, 0.6) is 11.5 Å². The number of aryl methyl sites for hydroxylation is 1. The van der Waals surface area contributed by atoms with Crippen LogP contribution in [0.3, 0.4) is 0 Å². The van der Waals surface area contributed by atoms with Crippen LogP contribution >= 0.6 is 0 Å². The Bertz CT molecular complexity index is 628. The van der Waals surface area contributed by atoms with Crippen LogP contribution in [-0.2, 0) is 6.54 Å². The molecule has 0 radical (unpaired) electrons. The summed E-state index contributed by atoms with van der Waals surface area (Å²) in [6.07, 6.45) is 1.83. The SMILES string of the molecule is Cc1cccnc1CNC(C)c1ccc2c(c1)OCCO2. The highest BCUT2D eigenvalue weighted by Gasteiger charge is 2.14. The number of rotatable bonds is 4. The first-order valence-corrected chi connectivity index (χ1v) is 7.27. The van der Waals surface area contributed by atoms with Crippen molar-refractivity contribution in [3.8, 4) is 11.5 Å². The number of pyridine rings is 1. The van der Waals surface area contributed by atoms with Gasteiger partial charge in [-0.3, -0.25) is 4.98 Å². The summed E-state index contributed by atoms with van der Waals surface area (Å²) in [4.78, 5) is 4.41. The van der Waals surface area contributed by atoms with Gasteiger partial charge >= 0.3 is 0 Å². The zero-order valence-corrected chi connectivity index (χ0v) is 12.4. The first-order chi connectivity index (χ1) is 10.2. The molecule has 1 N–H and O–H groups in total. The van der Waals surface area contributed by atoms with E-state index in [2.05, 4.69) is 42.3 Å². The van der Waals surface area contributed by atoms with E-state index in [0.717, 1.165) is 23.7 Å². The lowest BCUT2D eigenvalue weighted by Crippen LogP contribution is -2.20. The molecule has 1 aliphatic rings. The molecule has 0 bridgehead atoms. The number of fused-ring (bicyclic) bond motifs is 1. The minimum atomic E-state index is 0.224. The van der Waals surface area contributed by atoms with Crippen LogP contribution < -0.4 is 14.8 Å². The average Bonchev–Trinajstić information content (AvgIpc) is 2.53. The Labute approximate surface area is 125 Å². The Morgan fingerprint density at radius 3 is 2.81 bits per heavy atom. The zero-order chi connectivity index (χ0) is 14.7. The molecule has 1 unspecified atom stereocenters. The maximum absolute atomic E-state index is 5.63. The van der Waals surface area contributed by atoms with Gasteiger partial charge in [0.15, 0.2) is 11.5 Å². The van der Waals surface area contributed by atoms with Crippen molar-refractivity contribution in [1.82, 2.24) is 10.3 Å². The van der Waals surface area contributed by atoms with E-state index >= 15 is 0 Å². The summed E-state index contributed by atoms with van der Waals surface area (Å²) in [5, 5.41) is 3.50. The summed E-state index contributed by atoms with van der Waals surface area (Å²) >= 11 is 0. The van der Waals surface area contributed by atoms with Gasteiger partial charge in [0.05, 0.1) is 5.69 Å². The highest BCUT2D eigenvalue weighted by molar-refractivity contribution is 5.44. The number of hydrogen-bond acceptors (Lipinski definition) is 4. The van der Waals surface area contributed by atoms with E-state index < -0.39 is 0 Å².